The number of anilines is 1. The number of amides is 1. The molecule has 102 valence electrons. The molecular weight excluding hydrogens is 240 g/mol. The standard InChI is InChI=1S/C14H20N4O/c1-17(13(19)11-5-6-11)12-4-2-9-18(10-12)14-15-7-3-8-16-14/h3,7-8,11-12H,2,4-6,9-10H2,1H3. The molecule has 0 N–H and O–H groups in total. The summed E-state index contributed by atoms with van der Waals surface area (Å²) in [7, 11) is 1.95. The third kappa shape index (κ3) is 2.69. The molecule has 0 bridgehead atoms. The molecule has 1 atom stereocenters. The first-order valence-electron chi connectivity index (χ1n) is 7.04. The summed E-state index contributed by atoms with van der Waals surface area (Å²) in [6.45, 7) is 1.82. The fraction of sp³-hybridized carbons (Fsp3) is 0.643. The van der Waals surface area contributed by atoms with E-state index >= 15 is 0 Å². The van der Waals surface area contributed by atoms with Crippen LogP contribution < -0.4 is 4.90 Å². The van der Waals surface area contributed by atoms with Crippen LogP contribution in [0.15, 0.2) is 18.5 Å². The van der Waals surface area contributed by atoms with Gasteiger partial charge in [0.25, 0.3) is 0 Å². The van der Waals surface area contributed by atoms with Gasteiger partial charge in [0, 0.05) is 44.5 Å². The number of hydrogen-bond acceptors (Lipinski definition) is 4. The SMILES string of the molecule is CN(C(=O)C1CC1)C1CCCN(c2ncccn2)C1. The summed E-state index contributed by atoms with van der Waals surface area (Å²) in [4.78, 5) is 24.9. The van der Waals surface area contributed by atoms with Gasteiger partial charge in [-0.1, -0.05) is 0 Å². The van der Waals surface area contributed by atoms with Gasteiger partial charge in [0.15, 0.2) is 0 Å². The quantitative estimate of drug-likeness (QED) is 0.822. The molecule has 1 aromatic rings. The van der Waals surface area contributed by atoms with E-state index in [0.717, 1.165) is 44.7 Å². The lowest BCUT2D eigenvalue weighted by Crippen LogP contribution is -2.49. The zero-order valence-corrected chi connectivity index (χ0v) is 11.3. The van der Waals surface area contributed by atoms with Crippen molar-refractivity contribution in [3.63, 3.8) is 0 Å². The van der Waals surface area contributed by atoms with E-state index in [2.05, 4.69) is 14.9 Å². The van der Waals surface area contributed by atoms with Gasteiger partial charge in [0.2, 0.25) is 11.9 Å². The molecule has 19 heavy (non-hydrogen) atoms. The van der Waals surface area contributed by atoms with Crippen molar-refractivity contribution < 1.29 is 4.79 Å². The molecule has 2 fully saturated rings. The Morgan fingerprint density at radius 3 is 2.74 bits per heavy atom. The van der Waals surface area contributed by atoms with E-state index in [0.29, 0.717) is 17.9 Å². The number of likely N-dealkylation sites (N-methyl/N-ethyl adjacent to an activating group) is 1. The van der Waals surface area contributed by atoms with Gasteiger partial charge in [-0.05, 0) is 31.7 Å². The largest absolute Gasteiger partial charge is 0.341 e. The van der Waals surface area contributed by atoms with Gasteiger partial charge in [-0.3, -0.25) is 4.79 Å². The maximum Gasteiger partial charge on any atom is 0.225 e. The molecule has 0 aromatic carbocycles. The molecule has 5 nitrogen and oxygen atoms in total. The van der Waals surface area contributed by atoms with Crippen LogP contribution in [0.3, 0.4) is 0 Å². The van der Waals surface area contributed by atoms with Crippen molar-refractivity contribution in [2.24, 2.45) is 5.92 Å². The number of piperidine rings is 1. The van der Waals surface area contributed by atoms with Gasteiger partial charge < -0.3 is 9.80 Å². The van der Waals surface area contributed by atoms with Crippen molar-refractivity contribution in [1.29, 1.82) is 0 Å². The molecule has 1 unspecified atom stereocenters. The minimum Gasteiger partial charge on any atom is -0.341 e. The number of rotatable bonds is 3. The Labute approximate surface area is 113 Å². The van der Waals surface area contributed by atoms with Crippen LogP contribution in [0.1, 0.15) is 25.7 Å². The molecule has 2 aliphatic rings. The van der Waals surface area contributed by atoms with Crippen LogP contribution in [-0.4, -0.2) is 47.0 Å². The minimum absolute atomic E-state index is 0.297. The van der Waals surface area contributed by atoms with Crippen molar-refractivity contribution in [3.05, 3.63) is 18.5 Å². The van der Waals surface area contributed by atoms with Crippen molar-refractivity contribution in [3.8, 4) is 0 Å². The van der Waals surface area contributed by atoms with Crippen LogP contribution in [-0.2, 0) is 4.79 Å². The van der Waals surface area contributed by atoms with Crippen molar-refractivity contribution in [2.75, 3.05) is 25.0 Å². The number of carbonyl (C=O) groups excluding carboxylic acids is 1. The zero-order chi connectivity index (χ0) is 13.2. The van der Waals surface area contributed by atoms with Gasteiger partial charge in [0.05, 0.1) is 0 Å². The van der Waals surface area contributed by atoms with Crippen LogP contribution in [0.5, 0.6) is 0 Å². The average molecular weight is 260 g/mol. The predicted molar refractivity (Wildman–Crippen MR) is 72.8 cm³/mol. The fourth-order valence-corrected chi connectivity index (χ4v) is 2.71. The number of hydrogen-bond donors (Lipinski definition) is 0. The van der Waals surface area contributed by atoms with Crippen LogP contribution in [0.4, 0.5) is 5.95 Å². The van der Waals surface area contributed by atoms with Gasteiger partial charge in [0.1, 0.15) is 0 Å². The Morgan fingerprint density at radius 1 is 1.32 bits per heavy atom. The Kier molecular flexibility index (Phi) is 3.36. The second-order valence-electron chi connectivity index (χ2n) is 5.51. The Balaban J connectivity index is 1.66. The lowest BCUT2D eigenvalue weighted by molar-refractivity contribution is -0.133. The summed E-state index contributed by atoms with van der Waals surface area (Å²) in [6.07, 6.45) is 7.85. The maximum atomic E-state index is 12.1. The molecule has 2 heterocycles. The normalized spacial score (nSPS) is 23.2. The highest BCUT2D eigenvalue weighted by Crippen LogP contribution is 2.32. The molecule has 0 spiro atoms. The predicted octanol–water partition coefficient (Wildman–Crippen LogP) is 1.31. The minimum atomic E-state index is 0.297. The smallest absolute Gasteiger partial charge is 0.225 e. The van der Waals surface area contributed by atoms with Gasteiger partial charge >= 0.3 is 0 Å². The summed E-state index contributed by atoms with van der Waals surface area (Å²) < 4.78 is 0. The molecular formula is C14H20N4O. The molecule has 1 amide bonds. The third-order valence-corrected chi connectivity index (χ3v) is 4.05. The Bertz CT molecular complexity index is 446. The second kappa shape index (κ2) is 5.15. The van der Waals surface area contributed by atoms with Crippen LogP contribution in [0.25, 0.3) is 0 Å². The van der Waals surface area contributed by atoms with Gasteiger partial charge in [-0.25, -0.2) is 9.97 Å². The van der Waals surface area contributed by atoms with Crippen LogP contribution in [0, 0.1) is 5.92 Å². The Hall–Kier alpha value is -1.65. The number of aromatic nitrogens is 2. The monoisotopic (exact) mass is 260 g/mol. The van der Waals surface area contributed by atoms with Gasteiger partial charge in [-0.15, -0.1) is 0 Å². The molecule has 5 heteroatoms. The Morgan fingerprint density at radius 2 is 2.05 bits per heavy atom. The molecule has 1 saturated carbocycles. The first kappa shape index (κ1) is 12.4. The van der Waals surface area contributed by atoms with Crippen molar-refractivity contribution >= 4 is 11.9 Å². The van der Waals surface area contributed by atoms with E-state index in [-0.39, 0.29) is 0 Å². The maximum absolute atomic E-state index is 12.1. The third-order valence-electron chi connectivity index (χ3n) is 4.05. The second-order valence-corrected chi connectivity index (χ2v) is 5.51. The van der Waals surface area contributed by atoms with E-state index in [9.17, 15) is 4.79 Å². The lowest BCUT2D eigenvalue weighted by atomic mass is 10.0. The molecule has 1 saturated heterocycles. The van der Waals surface area contributed by atoms with E-state index in [1.165, 1.54) is 0 Å². The lowest BCUT2D eigenvalue weighted by Gasteiger charge is -2.37. The molecule has 1 aromatic heterocycles. The average Bonchev–Trinajstić information content (AvgIpc) is 3.31. The van der Waals surface area contributed by atoms with Crippen molar-refractivity contribution in [1.82, 2.24) is 14.9 Å². The highest BCUT2D eigenvalue weighted by Gasteiger charge is 2.36. The first-order valence-corrected chi connectivity index (χ1v) is 7.04. The first-order chi connectivity index (χ1) is 9.25. The number of carbonyl (C=O) groups is 1. The zero-order valence-electron chi connectivity index (χ0n) is 11.3. The van der Waals surface area contributed by atoms with E-state index in [1.807, 2.05) is 18.0 Å². The van der Waals surface area contributed by atoms with Crippen LogP contribution >= 0.6 is 0 Å². The summed E-state index contributed by atoms with van der Waals surface area (Å²) >= 11 is 0. The topological polar surface area (TPSA) is 49.3 Å². The summed E-state index contributed by atoms with van der Waals surface area (Å²) in [5, 5.41) is 0. The number of nitrogens with zero attached hydrogens (tertiary/aromatic N) is 4. The van der Waals surface area contributed by atoms with Crippen molar-refractivity contribution in [2.45, 2.75) is 31.7 Å². The van der Waals surface area contributed by atoms with Gasteiger partial charge in [-0.2, -0.15) is 0 Å². The molecule has 1 aliphatic carbocycles. The summed E-state index contributed by atoms with van der Waals surface area (Å²) in [5.74, 6) is 1.40. The van der Waals surface area contributed by atoms with E-state index < -0.39 is 0 Å². The van der Waals surface area contributed by atoms with Crippen LogP contribution in [0.2, 0.25) is 0 Å². The molecule has 3 rings (SSSR count). The van der Waals surface area contributed by atoms with E-state index in [1.54, 1.807) is 12.4 Å². The fourth-order valence-electron chi connectivity index (χ4n) is 2.71. The summed E-state index contributed by atoms with van der Waals surface area (Å²) in [6, 6.07) is 2.12. The highest BCUT2D eigenvalue weighted by molar-refractivity contribution is 5.81. The van der Waals surface area contributed by atoms with E-state index in [4.69, 9.17) is 0 Å². The highest BCUT2D eigenvalue weighted by atomic mass is 16.2. The summed E-state index contributed by atoms with van der Waals surface area (Å²) in [5.41, 5.74) is 0. The molecule has 1 aliphatic heterocycles. The molecule has 0 radical (unpaired) electrons.